The number of allylic oxidation sites excluding steroid dienone is 4. The summed E-state index contributed by atoms with van der Waals surface area (Å²) in [6, 6.07) is 6.72. The van der Waals surface area contributed by atoms with Crippen LogP contribution in [0.4, 0.5) is 0 Å². The van der Waals surface area contributed by atoms with Crippen LogP contribution >= 0.6 is 11.6 Å². The molecule has 0 saturated carbocycles. The quantitative estimate of drug-likeness (QED) is 0.728. The van der Waals surface area contributed by atoms with E-state index in [1.54, 1.807) is 37.3 Å². The second kappa shape index (κ2) is 5.10. The fourth-order valence-corrected chi connectivity index (χ4v) is 1.73. The maximum Gasteiger partial charge on any atom is 0.279 e. The molecule has 0 aromatic heterocycles. The molecule has 4 heteroatoms. The van der Waals surface area contributed by atoms with Crippen molar-refractivity contribution in [2.75, 3.05) is 0 Å². The fourth-order valence-electron chi connectivity index (χ4n) is 1.52. The predicted molar refractivity (Wildman–Crippen MR) is 71.1 cm³/mol. The Labute approximate surface area is 109 Å². The van der Waals surface area contributed by atoms with Gasteiger partial charge in [0.1, 0.15) is 0 Å². The highest BCUT2D eigenvalue weighted by atomic mass is 35.5. The van der Waals surface area contributed by atoms with Crippen molar-refractivity contribution < 1.29 is 9.59 Å². The van der Waals surface area contributed by atoms with Gasteiger partial charge in [-0.1, -0.05) is 23.7 Å². The van der Waals surface area contributed by atoms with Gasteiger partial charge >= 0.3 is 0 Å². The van der Waals surface area contributed by atoms with Gasteiger partial charge in [0.15, 0.2) is 5.78 Å². The van der Waals surface area contributed by atoms with Gasteiger partial charge in [-0.25, -0.2) is 4.99 Å². The Bertz CT molecular complexity index is 612. The number of ketones is 1. The van der Waals surface area contributed by atoms with Gasteiger partial charge in [0.05, 0.1) is 16.3 Å². The molecule has 1 aromatic carbocycles. The third kappa shape index (κ3) is 2.63. The number of rotatable bonds is 1. The molecule has 0 spiro atoms. The van der Waals surface area contributed by atoms with Crippen molar-refractivity contribution in [1.29, 1.82) is 0 Å². The summed E-state index contributed by atoms with van der Waals surface area (Å²) in [5.74, 6) is -0.488. The number of nitrogens with zero attached hydrogens (tertiary/aromatic N) is 1. The highest BCUT2D eigenvalue weighted by Gasteiger charge is 2.11. The highest BCUT2D eigenvalue weighted by molar-refractivity contribution is 6.34. The molecule has 90 valence electrons. The van der Waals surface area contributed by atoms with Gasteiger partial charge in [-0.2, -0.15) is 0 Å². The lowest BCUT2D eigenvalue weighted by molar-refractivity contribution is -0.111. The number of amides is 1. The average Bonchev–Trinajstić information content (AvgIpc) is 2.34. The van der Waals surface area contributed by atoms with Crippen LogP contribution in [0.1, 0.15) is 17.3 Å². The first kappa shape index (κ1) is 12.5. The van der Waals surface area contributed by atoms with E-state index in [2.05, 4.69) is 4.99 Å². The zero-order valence-electron chi connectivity index (χ0n) is 9.68. The zero-order valence-corrected chi connectivity index (χ0v) is 10.4. The SMILES string of the molecule is CC1=CC(=NC(=O)c2ccccc2Cl)C=CC1=O. The molecule has 1 aliphatic carbocycles. The Morgan fingerprint density at radius 1 is 1.22 bits per heavy atom. The van der Waals surface area contributed by atoms with Gasteiger partial charge < -0.3 is 0 Å². The van der Waals surface area contributed by atoms with E-state index in [0.29, 0.717) is 21.9 Å². The normalized spacial score (nSPS) is 16.9. The van der Waals surface area contributed by atoms with Crippen LogP contribution in [0.3, 0.4) is 0 Å². The number of hydrogen-bond donors (Lipinski definition) is 0. The number of aliphatic imine (C=N–C) groups is 1. The number of hydrogen-bond acceptors (Lipinski definition) is 2. The standard InChI is InChI=1S/C14H10ClNO2/c1-9-8-10(6-7-13(9)17)16-14(18)11-4-2-3-5-12(11)15/h2-8H,1H3. The minimum absolute atomic E-state index is 0.0702. The third-order valence-electron chi connectivity index (χ3n) is 2.49. The van der Waals surface area contributed by atoms with E-state index >= 15 is 0 Å². The van der Waals surface area contributed by atoms with Crippen molar-refractivity contribution >= 4 is 29.0 Å². The molecule has 0 N–H and O–H groups in total. The Morgan fingerprint density at radius 3 is 2.61 bits per heavy atom. The molecule has 18 heavy (non-hydrogen) atoms. The van der Waals surface area contributed by atoms with Crippen LogP contribution in [-0.2, 0) is 4.79 Å². The molecule has 1 aliphatic rings. The molecule has 0 heterocycles. The highest BCUT2D eigenvalue weighted by Crippen LogP contribution is 2.16. The first-order valence-corrected chi connectivity index (χ1v) is 5.74. The molecule has 2 rings (SSSR count). The van der Waals surface area contributed by atoms with Crippen LogP contribution in [0.15, 0.2) is 53.1 Å². The molecule has 0 saturated heterocycles. The summed E-state index contributed by atoms with van der Waals surface area (Å²) in [5, 5.41) is 0.364. The van der Waals surface area contributed by atoms with Crippen LogP contribution in [0.5, 0.6) is 0 Å². The van der Waals surface area contributed by atoms with Gasteiger partial charge in [-0.15, -0.1) is 0 Å². The molecular formula is C14H10ClNO2. The first-order chi connectivity index (χ1) is 8.58. The van der Waals surface area contributed by atoms with Crippen molar-refractivity contribution in [3.8, 4) is 0 Å². The van der Waals surface area contributed by atoms with Crippen molar-refractivity contribution in [2.45, 2.75) is 6.92 Å². The summed E-state index contributed by atoms with van der Waals surface area (Å²) < 4.78 is 0. The molecule has 0 aliphatic heterocycles. The van der Waals surface area contributed by atoms with Crippen LogP contribution in [0, 0.1) is 0 Å². The van der Waals surface area contributed by atoms with Crippen LogP contribution < -0.4 is 0 Å². The minimum Gasteiger partial charge on any atom is -0.290 e. The lowest BCUT2D eigenvalue weighted by atomic mass is 10.1. The van der Waals surface area contributed by atoms with Gasteiger partial charge in [0.25, 0.3) is 5.91 Å². The first-order valence-electron chi connectivity index (χ1n) is 5.36. The smallest absolute Gasteiger partial charge is 0.279 e. The number of carbonyl (C=O) groups is 2. The number of benzene rings is 1. The van der Waals surface area contributed by atoms with E-state index in [1.807, 2.05) is 0 Å². The predicted octanol–water partition coefficient (Wildman–Crippen LogP) is 3.01. The summed E-state index contributed by atoms with van der Waals surface area (Å²) in [6.45, 7) is 1.68. The van der Waals surface area contributed by atoms with Crippen molar-refractivity contribution in [1.82, 2.24) is 0 Å². The number of halogens is 1. The molecule has 1 aromatic rings. The van der Waals surface area contributed by atoms with Crippen molar-refractivity contribution in [2.24, 2.45) is 4.99 Å². The fraction of sp³-hybridized carbons (Fsp3) is 0.0714. The maximum atomic E-state index is 11.9. The Hall–Kier alpha value is -2.00. The summed E-state index contributed by atoms with van der Waals surface area (Å²) in [5.41, 5.74) is 1.36. The maximum absolute atomic E-state index is 11.9. The molecule has 1 amide bonds. The average molecular weight is 260 g/mol. The van der Waals surface area contributed by atoms with Gasteiger partial charge in [0.2, 0.25) is 0 Å². The van der Waals surface area contributed by atoms with E-state index in [-0.39, 0.29) is 5.78 Å². The molecule has 0 bridgehead atoms. The zero-order chi connectivity index (χ0) is 13.1. The van der Waals surface area contributed by atoms with E-state index in [9.17, 15) is 9.59 Å². The van der Waals surface area contributed by atoms with Gasteiger partial charge in [0, 0.05) is 0 Å². The summed E-state index contributed by atoms with van der Waals surface area (Å²) in [4.78, 5) is 27.1. The topological polar surface area (TPSA) is 46.5 Å². The Morgan fingerprint density at radius 2 is 1.94 bits per heavy atom. The lowest BCUT2D eigenvalue weighted by Crippen LogP contribution is -2.07. The van der Waals surface area contributed by atoms with E-state index in [4.69, 9.17) is 11.6 Å². The molecular weight excluding hydrogens is 250 g/mol. The van der Waals surface area contributed by atoms with Gasteiger partial charge in [-0.05, 0) is 42.9 Å². The molecule has 0 unspecified atom stereocenters. The van der Waals surface area contributed by atoms with Crippen LogP contribution in [0.2, 0.25) is 5.02 Å². The van der Waals surface area contributed by atoms with E-state index < -0.39 is 5.91 Å². The van der Waals surface area contributed by atoms with Gasteiger partial charge in [-0.3, -0.25) is 9.59 Å². The lowest BCUT2D eigenvalue weighted by Gasteiger charge is -2.04. The molecule has 3 nitrogen and oxygen atoms in total. The molecule has 0 fully saturated rings. The largest absolute Gasteiger partial charge is 0.290 e. The van der Waals surface area contributed by atoms with E-state index in [1.165, 1.54) is 12.2 Å². The third-order valence-corrected chi connectivity index (χ3v) is 2.82. The molecule has 0 atom stereocenters. The van der Waals surface area contributed by atoms with E-state index in [0.717, 1.165) is 0 Å². The second-order valence-corrected chi connectivity index (χ2v) is 4.25. The summed E-state index contributed by atoms with van der Waals surface area (Å²) in [7, 11) is 0. The molecule has 0 radical (unpaired) electrons. The van der Waals surface area contributed by atoms with Crippen molar-refractivity contribution in [3.05, 3.63) is 58.7 Å². The monoisotopic (exact) mass is 259 g/mol. The number of carbonyl (C=O) groups excluding carboxylic acids is 2. The van der Waals surface area contributed by atoms with Crippen LogP contribution in [-0.4, -0.2) is 17.4 Å². The minimum atomic E-state index is -0.418. The Kier molecular flexibility index (Phi) is 3.53. The van der Waals surface area contributed by atoms with Crippen molar-refractivity contribution in [3.63, 3.8) is 0 Å². The van der Waals surface area contributed by atoms with Crippen LogP contribution in [0.25, 0.3) is 0 Å². The summed E-state index contributed by atoms with van der Waals surface area (Å²) in [6.07, 6.45) is 4.50. The second-order valence-electron chi connectivity index (χ2n) is 3.85. The Balaban J connectivity index is 2.30. The summed E-state index contributed by atoms with van der Waals surface area (Å²) >= 11 is 5.91.